The number of aliphatic hydroxyl groups excluding tert-OH is 1. The third-order valence-corrected chi connectivity index (χ3v) is 9.07. The number of carbonyl (C=O) groups is 4. The number of esters is 2. The first-order valence-corrected chi connectivity index (χ1v) is 12.2. The number of hydrogen-bond donors (Lipinski definition) is 4. The molecule has 8 atom stereocenters. The van der Waals surface area contributed by atoms with Crippen molar-refractivity contribution in [1.29, 1.82) is 0 Å². The molecule has 198 valence electrons. The van der Waals surface area contributed by atoms with Crippen LogP contribution in [0.1, 0.15) is 53.9 Å². The van der Waals surface area contributed by atoms with Crippen LogP contribution in [-0.2, 0) is 28.7 Å². The van der Waals surface area contributed by atoms with Gasteiger partial charge in [-0.15, -0.1) is 0 Å². The average Bonchev–Trinajstić information content (AvgIpc) is 3.20. The van der Waals surface area contributed by atoms with Crippen LogP contribution in [0.2, 0.25) is 0 Å². The van der Waals surface area contributed by atoms with E-state index in [9.17, 15) is 34.5 Å². The van der Waals surface area contributed by atoms with E-state index >= 15 is 0 Å². The van der Waals surface area contributed by atoms with E-state index in [1.54, 1.807) is 19.9 Å². The second kappa shape index (κ2) is 8.22. The van der Waals surface area contributed by atoms with E-state index in [0.29, 0.717) is 5.57 Å². The predicted molar refractivity (Wildman–Crippen MR) is 123 cm³/mol. The first-order valence-electron chi connectivity index (χ1n) is 12.2. The summed E-state index contributed by atoms with van der Waals surface area (Å²) in [7, 11) is 0. The van der Waals surface area contributed by atoms with Crippen LogP contribution in [0.15, 0.2) is 23.3 Å². The fourth-order valence-corrected chi connectivity index (χ4v) is 7.47. The third-order valence-electron chi connectivity index (χ3n) is 9.07. The number of ether oxygens (including phenoxy) is 2. The number of hydrogen-bond acceptors (Lipinski definition) is 9. The van der Waals surface area contributed by atoms with Crippen molar-refractivity contribution in [3.8, 4) is 0 Å². The van der Waals surface area contributed by atoms with Crippen molar-refractivity contribution < 1.29 is 49.1 Å². The summed E-state index contributed by atoms with van der Waals surface area (Å²) >= 11 is 0. The van der Waals surface area contributed by atoms with Gasteiger partial charge in [0.1, 0.15) is 11.7 Å². The number of Topliss-reactive ketones (excluding diaryl/α,β-unsaturated/α-hetero) is 1. The minimum Gasteiger partial charge on any atom is -0.481 e. The van der Waals surface area contributed by atoms with Crippen molar-refractivity contribution in [2.24, 2.45) is 29.1 Å². The Hall–Kier alpha value is -2.56. The number of aliphatic hydroxyl groups is 3. The van der Waals surface area contributed by atoms with Gasteiger partial charge in [-0.3, -0.25) is 19.2 Å². The normalized spacial score (nSPS) is 42.1. The zero-order valence-corrected chi connectivity index (χ0v) is 21.1. The Morgan fingerprint density at radius 3 is 2.33 bits per heavy atom. The molecular weight excluding hydrogens is 472 g/mol. The fraction of sp³-hybridized carbons (Fsp3) is 0.692. The van der Waals surface area contributed by atoms with Crippen molar-refractivity contribution in [1.82, 2.24) is 0 Å². The molecule has 1 unspecified atom stereocenters. The summed E-state index contributed by atoms with van der Waals surface area (Å²) in [5, 5.41) is 43.2. The molecule has 4 aliphatic carbocycles. The van der Waals surface area contributed by atoms with Crippen molar-refractivity contribution in [3.63, 3.8) is 0 Å². The molecule has 10 nitrogen and oxygen atoms in total. The lowest BCUT2D eigenvalue weighted by atomic mass is 9.59. The van der Waals surface area contributed by atoms with Crippen LogP contribution in [0, 0.1) is 29.1 Å². The highest BCUT2D eigenvalue weighted by Gasteiger charge is 2.87. The van der Waals surface area contributed by atoms with Gasteiger partial charge in [-0.1, -0.05) is 32.9 Å². The van der Waals surface area contributed by atoms with Crippen molar-refractivity contribution in [3.05, 3.63) is 23.3 Å². The van der Waals surface area contributed by atoms with E-state index in [-0.39, 0.29) is 12.0 Å². The van der Waals surface area contributed by atoms with Gasteiger partial charge in [0, 0.05) is 42.4 Å². The fourth-order valence-electron chi connectivity index (χ4n) is 7.47. The Balaban J connectivity index is 1.89. The molecule has 0 aliphatic heterocycles. The van der Waals surface area contributed by atoms with Crippen LogP contribution in [0.25, 0.3) is 0 Å². The molecule has 0 aromatic heterocycles. The molecule has 2 saturated carbocycles. The van der Waals surface area contributed by atoms with Gasteiger partial charge in [-0.25, -0.2) is 0 Å². The molecule has 36 heavy (non-hydrogen) atoms. The molecule has 0 heterocycles. The topological polar surface area (TPSA) is 168 Å². The Kier molecular flexibility index (Phi) is 6.05. The molecule has 10 heteroatoms. The number of aliphatic carboxylic acids is 1. The zero-order chi connectivity index (χ0) is 27.0. The first-order chi connectivity index (χ1) is 16.6. The number of carbonyl (C=O) groups excluding carboxylic acids is 3. The van der Waals surface area contributed by atoms with E-state index in [1.165, 1.54) is 13.0 Å². The van der Waals surface area contributed by atoms with Crippen LogP contribution >= 0.6 is 0 Å². The van der Waals surface area contributed by atoms with Crippen molar-refractivity contribution >= 4 is 23.7 Å². The first kappa shape index (κ1) is 26.5. The molecule has 0 amide bonds. The lowest BCUT2D eigenvalue weighted by molar-refractivity contribution is -0.228. The maximum absolute atomic E-state index is 13.1. The molecule has 4 aliphatic rings. The summed E-state index contributed by atoms with van der Waals surface area (Å²) in [6, 6.07) is 0. The Labute approximate surface area is 209 Å². The molecule has 0 saturated heterocycles. The number of fused-ring (bicyclic) bond motifs is 5. The smallest absolute Gasteiger partial charge is 0.306 e. The van der Waals surface area contributed by atoms with Gasteiger partial charge in [0.15, 0.2) is 11.4 Å². The quantitative estimate of drug-likeness (QED) is 0.300. The largest absolute Gasteiger partial charge is 0.481 e. The lowest BCUT2D eigenvalue weighted by Gasteiger charge is -2.53. The highest BCUT2D eigenvalue weighted by atomic mass is 16.6. The summed E-state index contributed by atoms with van der Waals surface area (Å²) in [6.45, 7) is 7.60. The van der Waals surface area contributed by atoms with Crippen LogP contribution in [0.4, 0.5) is 0 Å². The summed E-state index contributed by atoms with van der Waals surface area (Å²) in [5.41, 5.74) is -5.31. The van der Waals surface area contributed by atoms with Gasteiger partial charge in [-0.2, -0.15) is 0 Å². The van der Waals surface area contributed by atoms with Gasteiger partial charge in [0.2, 0.25) is 0 Å². The Morgan fingerprint density at radius 1 is 1.14 bits per heavy atom. The number of carboxylic acid groups (broad SMARTS) is 1. The van der Waals surface area contributed by atoms with Gasteiger partial charge < -0.3 is 29.9 Å². The highest BCUT2D eigenvalue weighted by Crippen LogP contribution is 2.77. The number of carboxylic acids is 1. The lowest BCUT2D eigenvalue weighted by Crippen LogP contribution is -2.66. The second-order valence-electron chi connectivity index (χ2n) is 11.3. The van der Waals surface area contributed by atoms with E-state index < -0.39 is 95.1 Å². The average molecular weight is 507 g/mol. The summed E-state index contributed by atoms with van der Waals surface area (Å²) in [5.74, 6) is -6.53. The van der Waals surface area contributed by atoms with Crippen LogP contribution in [0.5, 0.6) is 0 Å². The summed E-state index contributed by atoms with van der Waals surface area (Å²) < 4.78 is 11.7. The van der Waals surface area contributed by atoms with Gasteiger partial charge in [0.05, 0.1) is 25.0 Å². The van der Waals surface area contributed by atoms with Crippen molar-refractivity contribution in [2.75, 3.05) is 6.61 Å². The minimum absolute atomic E-state index is 0.177. The van der Waals surface area contributed by atoms with Gasteiger partial charge in [0.25, 0.3) is 0 Å². The summed E-state index contributed by atoms with van der Waals surface area (Å²) in [6.07, 6.45) is 0.980. The second-order valence-corrected chi connectivity index (χ2v) is 11.3. The Bertz CT molecular complexity index is 1090. The molecule has 0 bridgehead atoms. The molecule has 0 spiro atoms. The SMILES string of the molecule is CC(=O)O[C@]12C([C@@H]3C=C(CO)C[C@]4(O)C(=O)C(C)=C[C@H]4[C@@]3(O)[C@H](C)[C@H]1OC(=O)CCC(=O)O)C2(C)C. The highest BCUT2D eigenvalue weighted by molar-refractivity contribution is 6.04. The van der Waals surface area contributed by atoms with Crippen molar-refractivity contribution in [2.45, 2.75) is 76.8 Å². The maximum atomic E-state index is 13.1. The summed E-state index contributed by atoms with van der Waals surface area (Å²) in [4.78, 5) is 49.1. The molecule has 0 aromatic rings. The molecular formula is C26H34O10. The minimum atomic E-state index is -2.01. The Morgan fingerprint density at radius 2 is 1.78 bits per heavy atom. The number of rotatable bonds is 6. The number of ketones is 1. The maximum Gasteiger partial charge on any atom is 0.306 e. The molecule has 4 N–H and O–H groups in total. The molecule has 2 fully saturated rings. The zero-order valence-electron chi connectivity index (χ0n) is 21.1. The van der Waals surface area contributed by atoms with E-state index in [0.717, 1.165) is 0 Å². The van der Waals surface area contributed by atoms with Gasteiger partial charge >= 0.3 is 17.9 Å². The monoisotopic (exact) mass is 506 g/mol. The van der Waals surface area contributed by atoms with E-state index in [2.05, 4.69) is 0 Å². The van der Waals surface area contributed by atoms with E-state index in [1.807, 2.05) is 13.8 Å². The molecule has 4 rings (SSSR count). The molecule has 0 radical (unpaired) electrons. The third kappa shape index (κ3) is 3.34. The van der Waals surface area contributed by atoms with Gasteiger partial charge in [-0.05, 0) is 18.1 Å². The van der Waals surface area contributed by atoms with Crippen LogP contribution in [-0.4, -0.2) is 73.6 Å². The predicted octanol–water partition coefficient (Wildman–Crippen LogP) is 0.917. The molecule has 0 aromatic carbocycles. The van der Waals surface area contributed by atoms with Crippen LogP contribution < -0.4 is 0 Å². The standard InChI is InChI=1S/C26H34O10/c1-12-8-17-24(33,21(12)32)10-15(11-27)9-16-20-23(4,5)26(20,36-14(3)28)22(13(2)25(16,17)34)35-19(31)7-6-18(29)30/h8-9,13,16-17,20,22,27,33-34H,6-7,10-11H2,1-5H3,(H,29,30)/t13-,16+,17-,20?,22-,24-,25-,26-/m1/s1. The van der Waals surface area contributed by atoms with Crippen LogP contribution in [0.3, 0.4) is 0 Å². The van der Waals surface area contributed by atoms with E-state index in [4.69, 9.17) is 14.6 Å².